The number of ether oxygens (including phenoxy) is 1. The van der Waals surface area contributed by atoms with Crippen molar-refractivity contribution in [2.45, 2.75) is 12.8 Å². The van der Waals surface area contributed by atoms with Gasteiger partial charge >= 0.3 is 7.12 Å². The number of rotatable bonds is 3. The van der Waals surface area contributed by atoms with Crippen molar-refractivity contribution >= 4 is 29.8 Å². The van der Waals surface area contributed by atoms with E-state index in [1.807, 2.05) is 12.1 Å². The van der Waals surface area contributed by atoms with Crippen LogP contribution in [0.3, 0.4) is 0 Å². The molecule has 0 spiro atoms. The van der Waals surface area contributed by atoms with Gasteiger partial charge in [0.05, 0.1) is 7.11 Å². The Morgan fingerprint density at radius 3 is 2.61 bits per heavy atom. The third kappa shape index (κ3) is 2.61. The van der Waals surface area contributed by atoms with Crippen molar-refractivity contribution in [3.8, 4) is 0 Å². The lowest BCUT2D eigenvalue weighted by Crippen LogP contribution is -2.33. The first-order valence-electron chi connectivity index (χ1n) is 5.72. The van der Waals surface area contributed by atoms with Gasteiger partial charge in [0.25, 0.3) is 0 Å². The first-order chi connectivity index (χ1) is 8.63. The normalized spacial score (nSPS) is 15.4. The molecule has 2 N–H and O–H groups in total. The molecule has 18 heavy (non-hydrogen) atoms. The van der Waals surface area contributed by atoms with Crippen molar-refractivity contribution in [2.24, 2.45) is 0 Å². The number of allylic oxidation sites excluding steroid dienone is 3. The third-order valence-electron chi connectivity index (χ3n) is 2.98. The van der Waals surface area contributed by atoms with Gasteiger partial charge in [0.2, 0.25) is 0 Å². The maximum atomic E-state index is 9.40. The second-order valence-electron chi connectivity index (χ2n) is 4.10. The zero-order valence-corrected chi connectivity index (χ0v) is 10.8. The van der Waals surface area contributed by atoms with Crippen LogP contribution >= 0.6 is 11.6 Å². The Hall–Kier alpha value is -1.23. The first kappa shape index (κ1) is 13.2. The summed E-state index contributed by atoms with van der Waals surface area (Å²) in [4.78, 5) is 0. The van der Waals surface area contributed by atoms with Crippen LogP contribution in [0.4, 0.5) is 0 Å². The van der Waals surface area contributed by atoms with Gasteiger partial charge in [-0.05, 0) is 29.9 Å². The molecule has 1 aliphatic carbocycles. The lowest BCUT2D eigenvalue weighted by Gasteiger charge is -2.19. The lowest BCUT2D eigenvalue weighted by molar-refractivity contribution is 0.306. The van der Waals surface area contributed by atoms with E-state index in [9.17, 15) is 10.0 Å². The molecule has 5 heteroatoms. The van der Waals surface area contributed by atoms with Gasteiger partial charge in [-0.3, -0.25) is 0 Å². The van der Waals surface area contributed by atoms with Gasteiger partial charge < -0.3 is 14.8 Å². The Balaban J connectivity index is 2.54. The molecule has 0 fully saturated rings. The summed E-state index contributed by atoms with van der Waals surface area (Å²) in [5.41, 5.74) is 2.23. The third-order valence-corrected chi connectivity index (χ3v) is 3.28. The number of hydrogen-bond acceptors (Lipinski definition) is 3. The van der Waals surface area contributed by atoms with Gasteiger partial charge in [0.1, 0.15) is 5.76 Å². The van der Waals surface area contributed by atoms with Crippen LogP contribution in [-0.4, -0.2) is 24.3 Å². The van der Waals surface area contributed by atoms with Crippen molar-refractivity contribution in [3.05, 3.63) is 46.7 Å². The fraction of sp³-hybridized carbons (Fsp3) is 0.231. The Labute approximate surface area is 111 Å². The maximum absolute atomic E-state index is 9.40. The van der Waals surface area contributed by atoms with Crippen molar-refractivity contribution in [2.75, 3.05) is 7.11 Å². The molecule has 2 rings (SSSR count). The summed E-state index contributed by atoms with van der Waals surface area (Å²) >= 11 is 5.99. The molecule has 0 amide bonds. The number of methoxy groups -OCH3 is 1. The van der Waals surface area contributed by atoms with Crippen LogP contribution < -0.4 is 5.46 Å². The minimum atomic E-state index is -1.49. The van der Waals surface area contributed by atoms with E-state index < -0.39 is 7.12 Å². The van der Waals surface area contributed by atoms with Crippen LogP contribution in [0.5, 0.6) is 0 Å². The van der Waals surface area contributed by atoms with Crippen molar-refractivity contribution in [1.29, 1.82) is 0 Å². The molecule has 0 heterocycles. The molecule has 94 valence electrons. The summed E-state index contributed by atoms with van der Waals surface area (Å²) in [6.07, 6.45) is 3.24. The first-order valence-corrected chi connectivity index (χ1v) is 6.10. The fourth-order valence-corrected chi connectivity index (χ4v) is 2.31. The summed E-state index contributed by atoms with van der Waals surface area (Å²) in [6.45, 7) is 0. The molecule has 0 saturated carbocycles. The Morgan fingerprint density at radius 2 is 1.94 bits per heavy atom. The summed E-state index contributed by atoms with van der Waals surface area (Å²) in [6, 6.07) is 7.19. The highest BCUT2D eigenvalue weighted by Crippen LogP contribution is 2.32. The molecule has 1 aliphatic rings. The highest BCUT2D eigenvalue weighted by Gasteiger charge is 2.21. The van der Waals surface area contributed by atoms with E-state index in [0.717, 1.165) is 29.0 Å². The Bertz CT molecular complexity index is 509. The highest BCUT2D eigenvalue weighted by molar-refractivity contribution is 6.59. The van der Waals surface area contributed by atoms with Crippen molar-refractivity contribution < 1.29 is 14.8 Å². The molecule has 0 aromatic heterocycles. The van der Waals surface area contributed by atoms with Gasteiger partial charge in [-0.2, -0.15) is 0 Å². The topological polar surface area (TPSA) is 49.7 Å². The van der Waals surface area contributed by atoms with E-state index in [2.05, 4.69) is 0 Å². The summed E-state index contributed by atoms with van der Waals surface area (Å²) < 4.78 is 5.32. The molecule has 0 saturated heterocycles. The SMILES string of the molecule is COC1=C(c2ccccc2B(O)O)CCC(Cl)=C1. The number of hydrogen-bond donors (Lipinski definition) is 2. The van der Waals surface area contributed by atoms with Gasteiger partial charge in [0, 0.05) is 10.6 Å². The monoisotopic (exact) mass is 264 g/mol. The largest absolute Gasteiger partial charge is 0.496 e. The quantitative estimate of drug-likeness (QED) is 0.816. The van der Waals surface area contributed by atoms with Crippen molar-refractivity contribution in [3.63, 3.8) is 0 Å². The van der Waals surface area contributed by atoms with Gasteiger partial charge in [-0.15, -0.1) is 0 Å². The molecular weight excluding hydrogens is 250 g/mol. The van der Waals surface area contributed by atoms with E-state index >= 15 is 0 Å². The molecule has 0 bridgehead atoms. The lowest BCUT2D eigenvalue weighted by atomic mass is 9.74. The zero-order valence-electron chi connectivity index (χ0n) is 10.1. The molecule has 3 nitrogen and oxygen atoms in total. The van der Waals surface area contributed by atoms with E-state index in [4.69, 9.17) is 16.3 Å². The maximum Gasteiger partial charge on any atom is 0.489 e. The smallest absolute Gasteiger partial charge is 0.489 e. The second-order valence-corrected chi connectivity index (χ2v) is 4.58. The van der Waals surface area contributed by atoms with Gasteiger partial charge in [-0.1, -0.05) is 35.9 Å². The van der Waals surface area contributed by atoms with Crippen LogP contribution in [-0.2, 0) is 4.74 Å². The van der Waals surface area contributed by atoms with Crippen LogP contribution in [0, 0.1) is 0 Å². The average molecular weight is 265 g/mol. The zero-order chi connectivity index (χ0) is 13.1. The van der Waals surface area contributed by atoms with Gasteiger partial charge in [0.15, 0.2) is 0 Å². The Morgan fingerprint density at radius 1 is 1.22 bits per heavy atom. The molecule has 0 atom stereocenters. The molecular formula is C13H14BClO3. The summed E-state index contributed by atoms with van der Waals surface area (Å²) in [7, 11) is 0.0902. The van der Waals surface area contributed by atoms with Crippen LogP contribution in [0.15, 0.2) is 41.1 Å². The van der Waals surface area contributed by atoms with E-state index in [1.54, 1.807) is 25.3 Å². The highest BCUT2D eigenvalue weighted by atomic mass is 35.5. The van der Waals surface area contributed by atoms with Crippen LogP contribution in [0.25, 0.3) is 5.57 Å². The standard InChI is InChI=1S/C13H14BClO3/c1-18-13-8-9(15)6-7-11(13)10-4-2-3-5-12(10)14(16)17/h2-5,8,16-17H,6-7H2,1H3. The Kier molecular flexibility index (Phi) is 4.12. The number of benzene rings is 1. The van der Waals surface area contributed by atoms with Crippen molar-refractivity contribution in [1.82, 2.24) is 0 Å². The minimum Gasteiger partial charge on any atom is -0.496 e. The average Bonchev–Trinajstić information content (AvgIpc) is 2.38. The summed E-state index contributed by atoms with van der Waals surface area (Å²) in [5, 5.41) is 19.5. The number of halogens is 1. The van der Waals surface area contributed by atoms with Gasteiger partial charge in [-0.25, -0.2) is 0 Å². The van der Waals surface area contributed by atoms with E-state index in [0.29, 0.717) is 11.2 Å². The van der Waals surface area contributed by atoms with E-state index in [-0.39, 0.29) is 0 Å². The molecule has 0 radical (unpaired) electrons. The van der Waals surface area contributed by atoms with Crippen LogP contribution in [0.2, 0.25) is 0 Å². The molecule has 1 aromatic carbocycles. The predicted molar refractivity (Wildman–Crippen MR) is 73.4 cm³/mol. The second kappa shape index (κ2) is 5.61. The van der Waals surface area contributed by atoms with Crippen LogP contribution in [0.1, 0.15) is 18.4 Å². The predicted octanol–water partition coefficient (Wildman–Crippen LogP) is 1.64. The molecule has 1 aromatic rings. The fourth-order valence-electron chi connectivity index (χ4n) is 2.12. The minimum absolute atomic E-state index is 0.480. The molecule has 0 unspecified atom stereocenters. The van der Waals surface area contributed by atoms with E-state index in [1.165, 1.54) is 0 Å². The summed E-state index contributed by atoms with van der Waals surface area (Å²) in [5.74, 6) is 0.680. The molecule has 0 aliphatic heterocycles.